The summed E-state index contributed by atoms with van der Waals surface area (Å²) < 4.78 is 5.13. The summed E-state index contributed by atoms with van der Waals surface area (Å²) in [5.41, 5.74) is 1.07. The summed E-state index contributed by atoms with van der Waals surface area (Å²) in [4.78, 5) is 15.6. The topological polar surface area (TPSA) is 51.2 Å². The number of pyridine rings is 1. The lowest BCUT2D eigenvalue weighted by Gasteiger charge is -2.38. The second kappa shape index (κ2) is 4.61. The lowest BCUT2D eigenvalue weighted by molar-refractivity contribution is -0.126. The van der Waals surface area contributed by atoms with Crippen LogP contribution in [-0.2, 0) is 16.0 Å². The van der Waals surface area contributed by atoms with Crippen LogP contribution in [0.25, 0.3) is 0 Å². The Labute approximate surface area is 95.0 Å². The average Bonchev–Trinajstić information content (AvgIpc) is 2.25. The van der Waals surface area contributed by atoms with Gasteiger partial charge in [-0.1, -0.05) is 13.0 Å². The van der Waals surface area contributed by atoms with E-state index in [1.165, 1.54) is 0 Å². The number of nitrogens with one attached hydrogen (secondary N) is 1. The normalized spacial score (nSPS) is 17.6. The second-order valence-electron chi connectivity index (χ2n) is 4.62. The number of rotatable bonds is 4. The molecule has 0 saturated carbocycles. The molecule has 2 heterocycles. The summed E-state index contributed by atoms with van der Waals surface area (Å²) in [5.74, 6) is 0.0427. The zero-order valence-electron chi connectivity index (χ0n) is 9.40. The fraction of sp³-hybridized carbons (Fsp3) is 0.500. The number of hydrogen-bond acceptors (Lipinski definition) is 3. The zero-order chi connectivity index (χ0) is 11.4. The summed E-state index contributed by atoms with van der Waals surface area (Å²) in [7, 11) is 0. The highest BCUT2D eigenvalue weighted by Gasteiger charge is 2.33. The third kappa shape index (κ3) is 2.79. The van der Waals surface area contributed by atoms with Crippen LogP contribution in [-0.4, -0.2) is 30.6 Å². The molecule has 2 rings (SSSR count). The Hall–Kier alpha value is -1.42. The van der Waals surface area contributed by atoms with Gasteiger partial charge in [0.1, 0.15) is 0 Å². The Morgan fingerprint density at radius 1 is 1.62 bits per heavy atom. The van der Waals surface area contributed by atoms with E-state index in [2.05, 4.69) is 17.2 Å². The fourth-order valence-electron chi connectivity index (χ4n) is 1.62. The average molecular weight is 220 g/mol. The lowest BCUT2D eigenvalue weighted by atomic mass is 9.89. The van der Waals surface area contributed by atoms with Crippen molar-refractivity contribution in [2.45, 2.75) is 13.3 Å². The Morgan fingerprint density at radius 2 is 2.44 bits per heavy atom. The number of ether oxygens (including phenoxy) is 1. The van der Waals surface area contributed by atoms with Crippen LogP contribution < -0.4 is 5.32 Å². The minimum absolute atomic E-state index is 0.0427. The SMILES string of the molecule is CC1(CNC(=O)Cc2cccnc2)COC1. The van der Waals surface area contributed by atoms with Gasteiger partial charge in [0, 0.05) is 24.4 Å². The summed E-state index contributed by atoms with van der Waals surface area (Å²) in [6.07, 6.45) is 3.81. The molecule has 4 nitrogen and oxygen atoms in total. The number of carbonyl (C=O) groups is 1. The first-order chi connectivity index (χ1) is 7.68. The number of carbonyl (C=O) groups excluding carboxylic acids is 1. The maximum absolute atomic E-state index is 11.6. The van der Waals surface area contributed by atoms with Gasteiger partial charge in [0.05, 0.1) is 19.6 Å². The van der Waals surface area contributed by atoms with Crippen molar-refractivity contribution >= 4 is 5.91 Å². The third-order valence-electron chi connectivity index (χ3n) is 2.70. The molecular weight excluding hydrogens is 204 g/mol. The third-order valence-corrected chi connectivity index (χ3v) is 2.70. The van der Waals surface area contributed by atoms with Gasteiger partial charge in [-0.25, -0.2) is 0 Å². The summed E-state index contributed by atoms with van der Waals surface area (Å²) in [6.45, 7) is 4.27. The first-order valence-electron chi connectivity index (χ1n) is 5.41. The number of hydrogen-bond donors (Lipinski definition) is 1. The molecule has 0 aliphatic carbocycles. The van der Waals surface area contributed by atoms with Crippen molar-refractivity contribution in [3.63, 3.8) is 0 Å². The summed E-state index contributed by atoms with van der Waals surface area (Å²) in [5, 5.41) is 2.93. The first kappa shape index (κ1) is 11.1. The van der Waals surface area contributed by atoms with Crippen LogP contribution in [0.2, 0.25) is 0 Å². The molecule has 1 aliphatic rings. The molecule has 16 heavy (non-hydrogen) atoms. The Balaban J connectivity index is 1.76. The molecule has 0 atom stereocenters. The predicted octanol–water partition coefficient (Wildman–Crippen LogP) is 0.777. The van der Waals surface area contributed by atoms with E-state index in [4.69, 9.17) is 4.74 Å². The van der Waals surface area contributed by atoms with Gasteiger partial charge in [0.25, 0.3) is 0 Å². The van der Waals surface area contributed by atoms with Crippen LogP contribution >= 0.6 is 0 Å². The molecule has 0 radical (unpaired) electrons. The molecule has 1 aromatic heterocycles. The molecule has 1 aliphatic heterocycles. The highest BCUT2D eigenvalue weighted by Crippen LogP contribution is 2.24. The monoisotopic (exact) mass is 220 g/mol. The van der Waals surface area contributed by atoms with E-state index in [0.29, 0.717) is 13.0 Å². The highest BCUT2D eigenvalue weighted by molar-refractivity contribution is 5.78. The minimum Gasteiger partial charge on any atom is -0.380 e. The van der Waals surface area contributed by atoms with E-state index in [1.807, 2.05) is 12.1 Å². The highest BCUT2D eigenvalue weighted by atomic mass is 16.5. The molecule has 1 amide bonds. The molecule has 1 fully saturated rings. The van der Waals surface area contributed by atoms with Crippen molar-refractivity contribution in [3.8, 4) is 0 Å². The fourth-order valence-corrected chi connectivity index (χ4v) is 1.62. The smallest absolute Gasteiger partial charge is 0.224 e. The maximum Gasteiger partial charge on any atom is 0.224 e. The van der Waals surface area contributed by atoms with Crippen LogP contribution in [0, 0.1) is 5.41 Å². The van der Waals surface area contributed by atoms with Gasteiger partial charge in [-0.2, -0.15) is 0 Å². The standard InChI is InChI=1S/C12H16N2O2/c1-12(8-16-9-12)7-14-11(15)5-10-3-2-4-13-6-10/h2-4,6H,5,7-9H2,1H3,(H,14,15). The van der Waals surface area contributed by atoms with Crippen molar-refractivity contribution in [2.75, 3.05) is 19.8 Å². The largest absolute Gasteiger partial charge is 0.380 e. The van der Waals surface area contributed by atoms with Crippen LogP contribution in [0.5, 0.6) is 0 Å². The van der Waals surface area contributed by atoms with Crippen molar-refractivity contribution in [1.29, 1.82) is 0 Å². The predicted molar refractivity (Wildman–Crippen MR) is 59.9 cm³/mol. The van der Waals surface area contributed by atoms with Gasteiger partial charge in [-0.05, 0) is 11.6 Å². The number of aromatic nitrogens is 1. The summed E-state index contributed by atoms with van der Waals surface area (Å²) in [6, 6.07) is 3.74. The maximum atomic E-state index is 11.6. The molecule has 1 saturated heterocycles. The van der Waals surface area contributed by atoms with Crippen LogP contribution in [0.1, 0.15) is 12.5 Å². The Morgan fingerprint density at radius 3 is 3.00 bits per heavy atom. The minimum atomic E-state index is 0.0427. The quantitative estimate of drug-likeness (QED) is 0.815. The van der Waals surface area contributed by atoms with Crippen LogP contribution in [0.3, 0.4) is 0 Å². The second-order valence-corrected chi connectivity index (χ2v) is 4.62. The van der Waals surface area contributed by atoms with E-state index in [9.17, 15) is 4.79 Å². The van der Waals surface area contributed by atoms with Crippen molar-refractivity contribution in [3.05, 3.63) is 30.1 Å². The molecule has 0 unspecified atom stereocenters. The molecule has 0 bridgehead atoms. The molecule has 86 valence electrons. The molecule has 0 aromatic carbocycles. The first-order valence-corrected chi connectivity index (χ1v) is 5.41. The van der Waals surface area contributed by atoms with Gasteiger partial charge < -0.3 is 10.1 Å². The molecule has 4 heteroatoms. The van der Waals surface area contributed by atoms with Crippen LogP contribution in [0.15, 0.2) is 24.5 Å². The molecule has 1 aromatic rings. The van der Waals surface area contributed by atoms with Gasteiger partial charge in [-0.15, -0.1) is 0 Å². The van der Waals surface area contributed by atoms with Crippen molar-refractivity contribution in [2.24, 2.45) is 5.41 Å². The number of amides is 1. The lowest BCUT2D eigenvalue weighted by Crippen LogP contribution is -2.48. The van der Waals surface area contributed by atoms with Gasteiger partial charge in [-0.3, -0.25) is 9.78 Å². The number of nitrogens with zero attached hydrogens (tertiary/aromatic N) is 1. The van der Waals surface area contributed by atoms with E-state index >= 15 is 0 Å². The van der Waals surface area contributed by atoms with Gasteiger partial charge in [0.2, 0.25) is 5.91 Å². The Kier molecular flexibility index (Phi) is 3.19. The van der Waals surface area contributed by atoms with Crippen LogP contribution in [0.4, 0.5) is 0 Å². The van der Waals surface area contributed by atoms with E-state index in [1.54, 1.807) is 12.4 Å². The van der Waals surface area contributed by atoms with E-state index in [0.717, 1.165) is 18.8 Å². The Bertz CT molecular complexity index is 361. The van der Waals surface area contributed by atoms with Crippen molar-refractivity contribution in [1.82, 2.24) is 10.3 Å². The van der Waals surface area contributed by atoms with E-state index < -0.39 is 0 Å². The van der Waals surface area contributed by atoms with E-state index in [-0.39, 0.29) is 11.3 Å². The zero-order valence-corrected chi connectivity index (χ0v) is 9.40. The van der Waals surface area contributed by atoms with Crippen molar-refractivity contribution < 1.29 is 9.53 Å². The van der Waals surface area contributed by atoms with Gasteiger partial charge in [0.15, 0.2) is 0 Å². The molecule has 1 N–H and O–H groups in total. The summed E-state index contributed by atoms with van der Waals surface area (Å²) >= 11 is 0. The van der Waals surface area contributed by atoms with Gasteiger partial charge >= 0.3 is 0 Å². The molecule has 0 spiro atoms. The molecular formula is C12H16N2O2.